The third-order valence-corrected chi connectivity index (χ3v) is 4.30. The number of methoxy groups -OCH3 is 1. The van der Waals surface area contributed by atoms with Crippen molar-refractivity contribution < 1.29 is 33.3 Å². The summed E-state index contributed by atoms with van der Waals surface area (Å²) in [4.78, 5) is 35.7. The van der Waals surface area contributed by atoms with E-state index in [-0.39, 0.29) is 13.3 Å². The number of hydrogen-bond donors (Lipinski definition) is 2. The van der Waals surface area contributed by atoms with E-state index in [4.69, 9.17) is 18.9 Å². The summed E-state index contributed by atoms with van der Waals surface area (Å²) in [5.74, 6) is 0.157. The molecule has 0 unspecified atom stereocenters. The smallest absolute Gasteiger partial charge is 0.325 e. The van der Waals surface area contributed by atoms with Crippen molar-refractivity contribution in [1.82, 2.24) is 10.6 Å². The molecule has 0 saturated carbocycles. The quantitative estimate of drug-likeness (QED) is 0.590. The van der Waals surface area contributed by atoms with Gasteiger partial charge in [-0.1, -0.05) is 18.2 Å². The molecule has 3 rings (SSSR count). The summed E-state index contributed by atoms with van der Waals surface area (Å²) in [6, 6.07) is 12.2. The molecule has 2 amide bonds. The lowest BCUT2D eigenvalue weighted by Crippen LogP contribution is -2.34. The first-order valence-corrected chi connectivity index (χ1v) is 9.29. The number of fused-ring (bicyclic) bond motifs is 1. The Morgan fingerprint density at radius 1 is 1.03 bits per heavy atom. The molecule has 0 radical (unpaired) electrons. The average molecular weight is 414 g/mol. The number of benzene rings is 2. The molecule has 0 bridgehead atoms. The van der Waals surface area contributed by atoms with Crippen LogP contribution in [0.3, 0.4) is 0 Å². The Balaban J connectivity index is 1.34. The predicted molar refractivity (Wildman–Crippen MR) is 106 cm³/mol. The van der Waals surface area contributed by atoms with Gasteiger partial charge < -0.3 is 29.6 Å². The van der Waals surface area contributed by atoms with Crippen LogP contribution in [-0.4, -0.2) is 51.4 Å². The third kappa shape index (κ3) is 5.63. The molecule has 1 aliphatic heterocycles. The molecule has 158 valence electrons. The van der Waals surface area contributed by atoms with Crippen LogP contribution in [0.1, 0.15) is 15.9 Å². The minimum absolute atomic E-state index is 0.105. The van der Waals surface area contributed by atoms with Gasteiger partial charge in [-0.25, -0.2) is 0 Å². The fourth-order valence-electron chi connectivity index (χ4n) is 2.79. The van der Waals surface area contributed by atoms with Crippen LogP contribution in [0, 0.1) is 0 Å². The summed E-state index contributed by atoms with van der Waals surface area (Å²) in [6.07, 6.45) is 0.579. The van der Waals surface area contributed by atoms with Gasteiger partial charge in [0, 0.05) is 12.1 Å². The van der Waals surface area contributed by atoms with E-state index in [2.05, 4.69) is 10.6 Å². The topological polar surface area (TPSA) is 112 Å². The number of ether oxygens (including phenoxy) is 4. The minimum Gasteiger partial charge on any atom is -0.496 e. The zero-order chi connectivity index (χ0) is 21.3. The lowest BCUT2D eigenvalue weighted by molar-refractivity contribution is -0.147. The van der Waals surface area contributed by atoms with Gasteiger partial charge in [0.15, 0.2) is 18.1 Å². The normalized spacial score (nSPS) is 11.5. The van der Waals surface area contributed by atoms with Gasteiger partial charge in [0.05, 0.1) is 7.11 Å². The van der Waals surface area contributed by atoms with Crippen LogP contribution in [0.2, 0.25) is 0 Å². The third-order valence-electron chi connectivity index (χ3n) is 4.30. The van der Waals surface area contributed by atoms with Crippen LogP contribution < -0.4 is 24.8 Å². The summed E-state index contributed by atoms with van der Waals surface area (Å²) in [6.45, 7) is -0.308. The molecule has 0 aromatic heterocycles. The maximum Gasteiger partial charge on any atom is 0.325 e. The molecule has 2 aromatic rings. The molecule has 0 atom stereocenters. The van der Waals surface area contributed by atoms with Crippen molar-refractivity contribution in [2.45, 2.75) is 6.42 Å². The van der Waals surface area contributed by atoms with Gasteiger partial charge in [-0.05, 0) is 36.2 Å². The highest BCUT2D eigenvalue weighted by Gasteiger charge is 2.17. The maximum absolute atomic E-state index is 12.1. The van der Waals surface area contributed by atoms with Gasteiger partial charge in [0.1, 0.15) is 12.3 Å². The molecule has 1 aliphatic rings. The first-order chi connectivity index (χ1) is 14.6. The zero-order valence-electron chi connectivity index (χ0n) is 16.4. The van der Waals surface area contributed by atoms with E-state index in [1.807, 2.05) is 24.3 Å². The van der Waals surface area contributed by atoms with Crippen LogP contribution in [0.5, 0.6) is 17.2 Å². The fourth-order valence-corrected chi connectivity index (χ4v) is 2.79. The number of carbonyl (C=O) groups is 3. The number of carbonyl (C=O) groups excluding carboxylic acids is 3. The van der Waals surface area contributed by atoms with E-state index in [0.717, 1.165) is 11.3 Å². The molecule has 0 saturated heterocycles. The van der Waals surface area contributed by atoms with E-state index in [1.54, 1.807) is 19.2 Å². The summed E-state index contributed by atoms with van der Waals surface area (Å²) in [5, 5.41) is 5.10. The van der Waals surface area contributed by atoms with Gasteiger partial charge in [-0.3, -0.25) is 14.4 Å². The number of rotatable bonds is 9. The molecule has 2 N–H and O–H groups in total. The first kappa shape index (κ1) is 21.0. The molecule has 9 nitrogen and oxygen atoms in total. The van der Waals surface area contributed by atoms with Gasteiger partial charge in [-0.2, -0.15) is 0 Å². The SMILES string of the molecule is COc1ccccc1CCNC(=O)COC(=O)CNC(=O)c1ccc2c(c1)OCO2. The molecule has 30 heavy (non-hydrogen) atoms. The predicted octanol–water partition coefficient (Wildman–Crippen LogP) is 1.06. The highest BCUT2D eigenvalue weighted by atomic mass is 16.7. The second-order valence-electron chi connectivity index (χ2n) is 6.32. The number of nitrogens with one attached hydrogen (secondary N) is 2. The number of esters is 1. The second-order valence-corrected chi connectivity index (χ2v) is 6.32. The Labute approximate surface area is 173 Å². The maximum atomic E-state index is 12.1. The Morgan fingerprint density at radius 2 is 1.83 bits per heavy atom. The Kier molecular flexibility index (Phi) is 7.09. The number of para-hydroxylation sites is 1. The van der Waals surface area contributed by atoms with Crippen LogP contribution >= 0.6 is 0 Å². The standard InChI is InChI=1S/C21H22N2O7/c1-27-16-5-3-2-4-14(16)8-9-22-19(24)12-28-20(25)11-23-21(26)15-6-7-17-18(10-15)30-13-29-17/h2-7,10H,8-9,11-13H2,1H3,(H,22,24)(H,23,26). The molecule has 1 heterocycles. The highest BCUT2D eigenvalue weighted by Crippen LogP contribution is 2.32. The van der Waals surface area contributed by atoms with Gasteiger partial charge in [0.2, 0.25) is 6.79 Å². The van der Waals surface area contributed by atoms with Crippen molar-refractivity contribution >= 4 is 17.8 Å². The summed E-state index contributed by atoms with van der Waals surface area (Å²) in [5.41, 5.74) is 1.28. The van der Waals surface area contributed by atoms with Crippen LogP contribution in [0.15, 0.2) is 42.5 Å². The van der Waals surface area contributed by atoms with Gasteiger partial charge >= 0.3 is 5.97 Å². The monoisotopic (exact) mass is 414 g/mol. The van der Waals surface area contributed by atoms with Crippen LogP contribution in [0.25, 0.3) is 0 Å². The largest absolute Gasteiger partial charge is 0.496 e. The Bertz CT molecular complexity index is 929. The molecule has 0 fully saturated rings. The van der Waals surface area contributed by atoms with E-state index >= 15 is 0 Å². The van der Waals surface area contributed by atoms with Crippen LogP contribution in [0.4, 0.5) is 0 Å². The van der Waals surface area contributed by atoms with Crippen molar-refractivity contribution in [1.29, 1.82) is 0 Å². The number of hydrogen-bond acceptors (Lipinski definition) is 7. The summed E-state index contributed by atoms with van der Waals surface area (Å²) >= 11 is 0. The summed E-state index contributed by atoms with van der Waals surface area (Å²) in [7, 11) is 1.59. The molecule has 0 spiro atoms. The van der Waals surface area contributed by atoms with Crippen molar-refractivity contribution in [2.24, 2.45) is 0 Å². The van der Waals surface area contributed by atoms with Crippen molar-refractivity contribution in [3.05, 3.63) is 53.6 Å². The van der Waals surface area contributed by atoms with E-state index in [0.29, 0.717) is 30.0 Å². The van der Waals surface area contributed by atoms with Crippen molar-refractivity contribution in [3.8, 4) is 17.2 Å². The average Bonchev–Trinajstić information content (AvgIpc) is 3.24. The lowest BCUT2D eigenvalue weighted by Gasteiger charge is -2.10. The van der Waals surface area contributed by atoms with E-state index in [1.165, 1.54) is 6.07 Å². The minimum atomic E-state index is -0.719. The fraction of sp³-hybridized carbons (Fsp3) is 0.286. The van der Waals surface area contributed by atoms with Crippen molar-refractivity contribution in [2.75, 3.05) is 33.6 Å². The van der Waals surface area contributed by atoms with Crippen molar-refractivity contribution in [3.63, 3.8) is 0 Å². The van der Waals surface area contributed by atoms with Crippen LogP contribution in [-0.2, 0) is 20.7 Å². The zero-order valence-corrected chi connectivity index (χ0v) is 16.4. The second kappa shape index (κ2) is 10.1. The van der Waals surface area contributed by atoms with E-state index < -0.39 is 24.4 Å². The molecule has 9 heteroatoms. The molecule has 0 aliphatic carbocycles. The van der Waals surface area contributed by atoms with Gasteiger partial charge in [0.25, 0.3) is 11.8 Å². The van der Waals surface area contributed by atoms with E-state index in [9.17, 15) is 14.4 Å². The lowest BCUT2D eigenvalue weighted by atomic mass is 10.1. The van der Waals surface area contributed by atoms with Gasteiger partial charge in [-0.15, -0.1) is 0 Å². The summed E-state index contributed by atoms with van der Waals surface area (Å²) < 4.78 is 20.5. The molecular formula is C21H22N2O7. The Morgan fingerprint density at radius 3 is 2.67 bits per heavy atom. The molecular weight excluding hydrogens is 392 g/mol. The number of amides is 2. The first-order valence-electron chi connectivity index (χ1n) is 9.29. The Hall–Kier alpha value is -3.75. The molecule has 2 aromatic carbocycles. The highest BCUT2D eigenvalue weighted by molar-refractivity contribution is 5.96.